The molecule has 7 heteroatoms. The van der Waals surface area contributed by atoms with Crippen LogP contribution >= 0.6 is 0 Å². The number of furan rings is 1. The summed E-state index contributed by atoms with van der Waals surface area (Å²) in [7, 11) is 1.54. The number of pyridine rings is 2. The zero-order chi connectivity index (χ0) is 20.1. The number of nitrogens with one attached hydrogen (secondary N) is 2. The number of rotatable bonds is 6. The largest absolute Gasteiger partial charge is 0.449 e. The Morgan fingerprint density at radius 3 is 2.43 bits per heavy atom. The topological polar surface area (TPSA) is 97.1 Å². The van der Waals surface area contributed by atoms with Crippen molar-refractivity contribution in [2.75, 3.05) is 7.05 Å². The molecule has 2 N–H and O–H groups in total. The molecule has 0 saturated heterocycles. The maximum Gasteiger partial charge on any atom is 0.287 e. The summed E-state index contributed by atoms with van der Waals surface area (Å²) in [5, 5.41) is 5.26. The molecule has 0 fully saturated rings. The fraction of sp³-hybridized carbons (Fsp3) is 0.238. The van der Waals surface area contributed by atoms with Gasteiger partial charge in [0, 0.05) is 36.8 Å². The van der Waals surface area contributed by atoms with E-state index in [1.165, 1.54) is 7.05 Å². The van der Waals surface area contributed by atoms with Crippen molar-refractivity contribution in [1.29, 1.82) is 0 Å². The van der Waals surface area contributed by atoms with Crippen LogP contribution in [0.2, 0.25) is 0 Å². The molecule has 2 amide bonds. The van der Waals surface area contributed by atoms with Gasteiger partial charge in [-0.2, -0.15) is 0 Å². The smallest absolute Gasteiger partial charge is 0.287 e. The number of hydrogen-bond acceptors (Lipinski definition) is 5. The Kier molecular flexibility index (Phi) is 5.84. The Morgan fingerprint density at radius 1 is 1.04 bits per heavy atom. The van der Waals surface area contributed by atoms with Gasteiger partial charge in [0.1, 0.15) is 11.7 Å². The quantitative estimate of drug-likeness (QED) is 0.687. The first kappa shape index (κ1) is 19.3. The first-order valence-corrected chi connectivity index (χ1v) is 8.98. The van der Waals surface area contributed by atoms with Crippen LogP contribution in [-0.2, 0) is 4.79 Å². The fourth-order valence-electron chi connectivity index (χ4n) is 2.74. The van der Waals surface area contributed by atoms with Crippen molar-refractivity contribution in [1.82, 2.24) is 20.6 Å². The average Bonchev–Trinajstić information content (AvgIpc) is 3.22. The van der Waals surface area contributed by atoms with E-state index in [9.17, 15) is 9.59 Å². The van der Waals surface area contributed by atoms with Crippen LogP contribution in [0.4, 0.5) is 0 Å². The highest BCUT2D eigenvalue weighted by atomic mass is 16.4. The Balaban J connectivity index is 1.74. The highest BCUT2D eigenvalue weighted by Gasteiger charge is 2.25. The zero-order valence-corrected chi connectivity index (χ0v) is 16.0. The standard InChI is InChI=1S/C21H22N4O3/c1-13(2)19(21(27)22-3)25-20(26)18-9-8-17(28-18)16-7-6-15(12-24-16)14-5-4-10-23-11-14/h4-13,19H,1-3H3,(H,22,27)(H,25,26). The van der Waals surface area contributed by atoms with Crippen molar-refractivity contribution in [2.45, 2.75) is 19.9 Å². The van der Waals surface area contributed by atoms with Crippen LogP contribution in [0.25, 0.3) is 22.6 Å². The van der Waals surface area contributed by atoms with Gasteiger partial charge in [-0.3, -0.25) is 19.6 Å². The van der Waals surface area contributed by atoms with E-state index in [-0.39, 0.29) is 17.6 Å². The van der Waals surface area contributed by atoms with E-state index in [1.54, 1.807) is 30.7 Å². The molecule has 3 heterocycles. The predicted octanol–water partition coefficient (Wildman–Crippen LogP) is 2.90. The molecule has 28 heavy (non-hydrogen) atoms. The second-order valence-corrected chi connectivity index (χ2v) is 6.65. The molecule has 0 aromatic carbocycles. The summed E-state index contributed by atoms with van der Waals surface area (Å²) in [5.41, 5.74) is 2.51. The summed E-state index contributed by atoms with van der Waals surface area (Å²) in [6.45, 7) is 3.73. The molecule has 3 aromatic rings. The van der Waals surface area contributed by atoms with Gasteiger partial charge in [0.2, 0.25) is 5.91 Å². The SMILES string of the molecule is CNC(=O)C(NC(=O)c1ccc(-c2ccc(-c3cccnc3)cn2)o1)C(C)C. The molecule has 0 aliphatic carbocycles. The summed E-state index contributed by atoms with van der Waals surface area (Å²) in [4.78, 5) is 32.9. The van der Waals surface area contributed by atoms with Gasteiger partial charge in [0.15, 0.2) is 11.5 Å². The molecule has 144 valence electrons. The molecule has 0 saturated carbocycles. The average molecular weight is 378 g/mol. The van der Waals surface area contributed by atoms with Gasteiger partial charge >= 0.3 is 0 Å². The van der Waals surface area contributed by atoms with Crippen LogP contribution in [0.5, 0.6) is 0 Å². The number of nitrogens with zero attached hydrogens (tertiary/aromatic N) is 2. The molecule has 0 aliphatic rings. The summed E-state index contributed by atoms with van der Waals surface area (Å²) >= 11 is 0. The van der Waals surface area contributed by atoms with Crippen molar-refractivity contribution in [3.05, 3.63) is 60.7 Å². The van der Waals surface area contributed by atoms with Crippen molar-refractivity contribution >= 4 is 11.8 Å². The minimum atomic E-state index is -0.636. The molecule has 7 nitrogen and oxygen atoms in total. The van der Waals surface area contributed by atoms with Gasteiger partial charge in [-0.15, -0.1) is 0 Å². The van der Waals surface area contributed by atoms with Crippen molar-refractivity contribution < 1.29 is 14.0 Å². The second-order valence-electron chi connectivity index (χ2n) is 6.65. The molecule has 1 unspecified atom stereocenters. The Bertz CT molecular complexity index is 949. The summed E-state index contributed by atoms with van der Waals surface area (Å²) < 4.78 is 5.65. The molecule has 1 atom stereocenters. The molecule has 0 radical (unpaired) electrons. The molecule has 3 rings (SSSR count). The van der Waals surface area contributed by atoms with Crippen LogP contribution in [0, 0.1) is 5.92 Å². The van der Waals surface area contributed by atoms with Crippen LogP contribution in [0.15, 0.2) is 59.4 Å². The number of carbonyl (C=O) groups excluding carboxylic acids is 2. The number of aromatic nitrogens is 2. The van der Waals surface area contributed by atoms with Gasteiger partial charge < -0.3 is 15.1 Å². The maximum atomic E-state index is 12.5. The number of amides is 2. The van der Waals surface area contributed by atoms with Gasteiger partial charge in [0.25, 0.3) is 5.91 Å². The molecular formula is C21H22N4O3. The van der Waals surface area contributed by atoms with Crippen LogP contribution in [0.3, 0.4) is 0 Å². The lowest BCUT2D eigenvalue weighted by Crippen LogP contribution is -2.48. The monoisotopic (exact) mass is 378 g/mol. The second kappa shape index (κ2) is 8.47. The van der Waals surface area contributed by atoms with E-state index >= 15 is 0 Å². The molecule has 0 bridgehead atoms. The third kappa shape index (κ3) is 4.25. The highest BCUT2D eigenvalue weighted by molar-refractivity contribution is 5.96. The Hall–Kier alpha value is -3.48. The third-order valence-corrected chi connectivity index (χ3v) is 4.32. The van der Waals surface area contributed by atoms with Crippen molar-refractivity contribution in [3.8, 4) is 22.6 Å². The first-order valence-electron chi connectivity index (χ1n) is 8.98. The highest BCUT2D eigenvalue weighted by Crippen LogP contribution is 2.23. The Morgan fingerprint density at radius 2 is 1.82 bits per heavy atom. The third-order valence-electron chi connectivity index (χ3n) is 4.32. The predicted molar refractivity (Wildman–Crippen MR) is 105 cm³/mol. The fourth-order valence-corrected chi connectivity index (χ4v) is 2.74. The molecule has 3 aromatic heterocycles. The number of likely N-dealkylation sites (N-methyl/N-ethyl adjacent to an activating group) is 1. The van der Waals surface area contributed by atoms with Crippen LogP contribution in [0.1, 0.15) is 24.4 Å². The van der Waals surface area contributed by atoms with E-state index in [0.29, 0.717) is 11.5 Å². The van der Waals surface area contributed by atoms with Gasteiger partial charge in [-0.05, 0) is 30.2 Å². The summed E-state index contributed by atoms with van der Waals surface area (Å²) in [6.07, 6.45) is 5.22. The van der Waals surface area contributed by atoms with Crippen LogP contribution < -0.4 is 10.6 Å². The number of carbonyl (C=O) groups is 2. The lowest BCUT2D eigenvalue weighted by Gasteiger charge is -2.19. The minimum Gasteiger partial charge on any atom is -0.449 e. The zero-order valence-electron chi connectivity index (χ0n) is 16.0. The normalized spacial score (nSPS) is 11.9. The van der Waals surface area contributed by atoms with Crippen molar-refractivity contribution in [3.63, 3.8) is 0 Å². The van der Waals surface area contributed by atoms with E-state index in [4.69, 9.17) is 4.42 Å². The van der Waals surface area contributed by atoms with Gasteiger partial charge in [-0.25, -0.2) is 0 Å². The van der Waals surface area contributed by atoms with Crippen LogP contribution in [-0.4, -0.2) is 34.9 Å². The minimum absolute atomic E-state index is 0.0555. The molecule has 0 aliphatic heterocycles. The van der Waals surface area contributed by atoms with E-state index < -0.39 is 11.9 Å². The van der Waals surface area contributed by atoms with Gasteiger partial charge in [0.05, 0.1) is 0 Å². The molecular weight excluding hydrogens is 356 g/mol. The van der Waals surface area contributed by atoms with E-state index in [1.807, 2.05) is 38.1 Å². The Labute approximate surface area is 163 Å². The lowest BCUT2D eigenvalue weighted by molar-refractivity contribution is -0.123. The van der Waals surface area contributed by atoms with E-state index in [2.05, 4.69) is 20.6 Å². The van der Waals surface area contributed by atoms with Crippen molar-refractivity contribution in [2.24, 2.45) is 5.92 Å². The van der Waals surface area contributed by atoms with E-state index in [0.717, 1.165) is 11.1 Å². The number of hydrogen-bond donors (Lipinski definition) is 2. The summed E-state index contributed by atoms with van der Waals surface area (Å²) in [5.74, 6) is -0.144. The first-order chi connectivity index (χ1) is 13.5. The summed E-state index contributed by atoms with van der Waals surface area (Å²) in [6, 6.07) is 10.2. The van der Waals surface area contributed by atoms with Gasteiger partial charge in [-0.1, -0.05) is 26.0 Å². The maximum absolute atomic E-state index is 12.5. The lowest BCUT2D eigenvalue weighted by atomic mass is 10.0. The molecule has 0 spiro atoms.